The van der Waals surface area contributed by atoms with E-state index in [0.29, 0.717) is 64.1 Å². The zero-order valence-corrected chi connectivity index (χ0v) is 52.8. The third-order valence-corrected chi connectivity index (χ3v) is 23.5. The van der Waals surface area contributed by atoms with Crippen LogP contribution in [0.5, 0.6) is 0 Å². The van der Waals surface area contributed by atoms with Gasteiger partial charge in [-0.05, 0) is 119 Å². The zero-order chi connectivity index (χ0) is 62.6. The molecular formula is C57H69N21O9S3. The number of cyclic esters (lactones) is 3. The Morgan fingerprint density at radius 1 is 0.456 bits per heavy atom. The molecule has 33 heteroatoms. The van der Waals surface area contributed by atoms with Crippen molar-refractivity contribution in [2.45, 2.75) is 97.2 Å². The van der Waals surface area contributed by atoms with E-state index >= 15 is 0 Å². The van der Waals surface area contributed by atoms with Crippen LogP contribution in [0.15, 0.2) is 74.4 Å². The van der Waals surface area contributed by atoms with Crippen LogP contribution in [-0.4, -0.2) is 177 Å². The van der Waals surface area contributed by atoms with Gasteiger partial charge in [-0.2, -0.15) is 30.2 Å². The van der Waals surface area contributed by atoms with E-state index in [4.69, 9.17) is 19.2 Å². The van der Waals surface area contributed by atoms with E-state index in [9.17, 15) is 28.0 Å². The Balaban J connectivity index is 0.000000124. The van der Waals surface area contributed by atoms with Gasteiger partial charge in [0.2, 0.25) is 17.8 Å². The highest BCUT2D eigenvalue weighted by Gasteiger charge is 2.42. The van der Waals surface area contributed by atoms with Gasteiger partial charge in [-0.3, -0.25) is 14.7 Å². The van der Waals surface area contributed by atoms with Crippen LogP contribution >= 0.6 is 30.9 Å². The van der Waals surface area contributed by atoms with Gasteiger partial charge < -0.3 is 43.8 Å². The molecule has 4 unspecified atom stereocenters. The van der Waals surface area contributed by atoms with Crippen molar-refractivity contribution >= 4 is 119 Å². The number of pyridine rings is 3. The highest BCUT2D eigenvalue weighted by molar-refractivity contribution is 8.29. The molecule has 0 spiro atoms. The summed E-state index contributed by atoms with van der Waals surface area (Å²) in [5.74, 6) is 7.08. The molecule has 0 saturated carbocycles. The van der Waals surface area contributed by atoms with Gasteiger partial charge in [-0.15, -0.1) is 30.9 Å². The minimum Gasteiger partial charge on any atom is -0.444 e. The number of nitrogens with one attached hydrogen (secondary N) is 3. The highest BCUT2D eigenvalue weighted by atomic mass is 32.3. The number of hydrogen-bond acceptors (Lipinski definition) is 24. The zero-order valence-electron chi connectivity index (χ0n) is 50.3. The van der Waals surface area contributed by atoms with Gasteiger partial charge in [-0.1, -0.05) is 0 Å². The van der Waals surface area contributed by atoms with Crippen molar-refractivity contribution in [1.29, 1.82) is 0 Å². The monoisotopic (exact) mass is 1290 g/mol. The van der Waals surface area contributed by atoms with Crippen molar-refractivity contribution < 1.29 is 42.3 Å². The van der Waals surface area contributed by atoms with E-state index in [1.807, 2.05) is 76.3 Å². The predicted octanol–water partition coefficient (Wildman–Crippen LogP) is 9.29. The minimum atomic E-state index is -1.67. The molecule has 15 heterocycles. The Morgan fingerprint density at radius 2 is 0.789 bits per heavy atom. The Labute approximate surface area is 520 Å². The molecule has 6 N–H and O–H groups in total. The lowest BCUT2D eigenvalue weighted by Gasteiger charge is -2.42. The molecule has 9 aromatic heterocycles. The van der Waals surface area contributed by atoms with Crippen LogP contribution in [0.25, 0.3) is 16.9 Å². The van der Waals surface area contributed by atoms with E-state index < -0.39 is 43.1 Å². The van der Waals surface area contributed by atoms with E-state index in [1.54, 1.807) is 46.8 Å². The van der Waals surface area contributed by atoms with E-state index in [-0.39, 0.29) is 44.0 Å². The summed E-state index contributed by atoms with van der Waals surface area (Å²) in [6, 6.07) is 5.55. The van der Waals surface area contributed by atoms with E-state index in [2.05, 4.69) is 71.1 Å². The molecule has 6 aliphatic rings. The average molecular weight is 1290 g/mol. The second-order valence-corrected chi connectivity index (χ2v) is 33.4. The normalized spacial score (nSPS) is 26.0. The molecule has 15 rings (SSSR count). The fourth-order valence-electron chi connectivity index (χ4n) is 11.8. The van der Waals surface area contributed by atoms with Gasteiger partial charge >= 0.3 is 18.3 Å². The molecular weight excluding hydrogens is 1220 g/mol. The fourth-order valence-corrected chi connectivity index (χ4v) is 17.4. The molecule has 0 aliphatic carbocycles. The second-order valence-electron chi connectivity index (χ2n) is 23.7. The Bertz CT molecular complexity index is 4230. The van der Waals surface area contributed by atoms with E-state index in [1.165, 1.54) is 19.0 Å². The lowest BCUT2D eigenvalue weighted by molar-refractivity contribution is 0.136. The number of nitrogens with zero attached hydrogens (tertiary/aromatic N) is 18. The standard InChI is InChI=1S/C20H25N7O3S.C19H23N7O3S.C18H21N7O3S/c1-13-8-17-22-12-23-26(17)10-16(13)24-19-21-9-14-11-30-20(28)27(18(14)25-19)15-4-3-6-31(2,29)7-5-15;1-12-7-16-21-11-22-25(16)9-15(12)23-18-20-8-13-10-29-19(27)26(17(13)24-18)14-3-5-30(2,28)6-4-14;1-11-5-15-20-10-21-24(15)7-14(11)22-17-19-6-12-8-28-18(26)25(16(12)23-17)13-3-4-29(2,27)9-13/h8-10,12,15,29H,3-7,11H2,1-2H3,(H,21,24,25);7-9,11,14,28H,3-6,10H2,1-2H3,(H,20,23,24);5-7,10,13,27H,3-4,8-9H2,1-2H3,(H,19,22,23). The summed E-state index contributed by atoms with van der Waals surface area (Å²) in [5, 5.41) is 22.2. The molecule has 9 aromatic rings. The second kappa shape index (κ2) is 24.2. The Morgan fingerprint density at radius 3 is 1.16 bits per heavy atom. The van der Waals surface area contributed by atoms with Gasteiger partial charge in [0.05, 0.1) is 58.4 Å². The fraction of sp³-hybridized carbons (Fsp3) is 0.421. The van der Waals surface area contributed by atoms with Crippen molar-refractivity contribution in [3.63, 3.8) is 0 Å². The lowest BCUT2D eigenvalue weighted by atomic mass is 10.1. The van der Waals surface area contributed by atoms with Gasteiger partial charge in [0.15, 0.2) is 34.4 Å². The van der Waals surface area contributed by atoms with Crippen LogP contribution in [0.3, 0.4) is 0 Å². The van der Waals surface area contributed by atoms with Crippen molar-refractivity contribution in [3.8, 4) is 0 Å². The number of aryl methyl sites for hydroxylation is 3. The smallest absolute Gasteiger partial charge is 0.416 e. The first-order valence-corrected chi connectivity index (χ1v) is 36.2. The number of aromatic nitrogens is 15. The number of rotatable bonds is 9. The molecule has 6 aliphatic heterocycles. The number of hydrogen-bond donors (Lipinski definition) is 6. The number of amides is 3. The topological polar surface area (TPSA) is 353 Å². The highest BCUT2D eigenvalue weighted by Crippen LogP contribution is 2.50. The lowest BCUT2D eigenvalue weighted by Crippen LogP contribution is -2.47. The summed E-state index contributed by atoms with van der Waals surface area (Å²) in [4.78, 5) is 82.5. The third-order valence-electron chi connectivity index (χ3n) is 16.8. The van der Waals surface area contributed by atoms with Crippen LogP contribution in [0, 0.1) is 20.8 Å². The number of ether oxygens (including phenoxy) is 3. The van der Waals surface area contributed by atoms with Crippen LogP contribution in [0.2, 0.25) is 0 Å². The average Bonchev–Trinajstić information content (AvgIpc) is 0.920. The minimum absolute atomic E-state index is 0.0414. The summed E-state index contributed by atoms with van der Waals surface area (Å²) < 4.78 is 52.4. The first-order valence-electron chi connectivity index (χ1n) is 29.2. The van der Waals surface area contributed by atoms with Gasteiger partial charge in [0.25, 0.3) is 0 Å². The van der Waals surface area contributed by atoms with Crippen molar-refractivity contribution in [2.24, 2.45) is 0 Å². The molecule has 0 radical (unpaired) electrons. The summed E-state index contributed by atoms with van der Waals surface area (Å²) in [7, 11) is -4.82. The third kappa shape index (κ3) is 12.7. The largest absolute Gasteiger partial charge is 0.444 e. The maximum absolute atomic E-state index is 12.7. The number of carbonyl (C=O) groups excluding carboxylic acids is 3. The van der Waals surface area contributed by atoms with Crippen molar-refractivity contribution in [1.82, 2.24) is 73.7 Å². The molecule has 90 heavy (non-hydrogen) atoms. The quantitative estimate of drug-likeness (QED) is 0.0733. The molecule has 30 nitrogen and oxygen atoms in total. The van der Waals surface area contributed by atoms with Crippen LogP contribution in [0.1, 0.15) is 71.9 Å². The first kappa shape index (κ1) is 60.2. The maximum atomic E-state index is 12.7. The predicted molar refractivity (Wildman–Crippen MR) is 344 cm³/mol. The Kier molecular flexibility index (Phi) is 16.2. The number of anilines is 9. The molecule has 474 valence electrons. The molecule has 4 atom stereocenters. The maximum Gasteiger partial charge on any atom is 0.416 e. The van der Waals surface area contributed by atoms with Crippen LogP contribution < -0.4 is 30.7 Å². The van der Waals surface area contributed by atoms with Crippen LogP contribution in [-0.2, 0) is 34.0 Å². The number of carbonyl (C=O) groups is 3. The van der Waals surface area contributed by atoms with Crippen molar-refractivity contribution in [3.05, 3.63) is 108 Å². The summed E-state index contributed by atoms with van der Waals surface area (Å²) in [6.45, 7) is 6.36. The van der Waals surface area contributed by atoms with Gasteiger partial charge in [0.1, 0.15) is 38.8 Å². The summed E-state index contributed by atoms with van der Waals surface area (Å²) in [5.41, 5.74) is 9.89. The molecule has 3 saturated heterocycles. The summed E-state index contributed by atoms with van der Waals surface area (Å²) in [6.07, 6.45) is 24.2. The van der Waals surface area contributed by atoms with Crippen LogP contribution in [0.4, 0.5) is 66.7 Å². The molecule has 0 bridgehead atoms. The number of fused-ring (bicyclic) bond motifs is 6. The molecule has 3 fully saturated rings. The summed E-state index contributed by atoms with van der Waals surface area (Å²) >= 11 is 0. The van der Waals surface area contributed by atoms with Gasteiger partial charge in [-0.25, -0.2) is 57.8 Å². The first-order chi connectivity index (χ1) is 43.2. The SMILES string of the molecule is Cc1cc2ncnn2cc1Nc1ncc2c(n1)N(C1CCCS(C)(O)CC1)C(=O)OC2.Cc1cc2ncnn2cc1Nc1ncc2c(n1)N(C1CCS(C)(O)C1)C(=O)OC2.Cc1cc2ncnn2cc1Nc1ncc2c(n1)N(C1CCS(C)(O)CC1)C(=O)OC2. The molecule has 0 aromatic carbocycles. The van der Waals surface area contributed by atoms with Gasteiger partial charge in [0, 0.05) is 59.4 Å². The molecule has 3 amide bonds. The van der Waals surface area contributed by atoms with E-state index in [0.717, 1.165) is 112 Å². The van der Waals surface area contributed by atoms with Crippen molar-refractivity contribution in [2.75, 3.05) is 83.9 Å². The Hall–Kier alpha value is -8.76.